The smallest absolute Gasteiger partial charge is 0.339 e. The van der Waals surface area contributed by atoms with Gasteiger partial charge in [-0.15, -0.1) is 0 Å². The standard InChI is InChI=1S/C30H30O10/c1-16-38-25(14-37-30(40-16)8-4-5-9-30)39-28-19-12-23(33-3)22(32-2)11-18(19)26(27-20(28)13-34-29(27)31)17-6-7-21-24(10-17)36-15-35-21/h6-7,10-12,16,25H,4-5,8-9,13-15H2,1-3H3. The molecule has 10 nitrogen and oxygen atoms in total. The number of methoxy groups -OCH3 is 2. The van der Waals surface area contributed by atoms with Gasteiger partial charge in [0.05, 0.1) is 19.8 Å². The quantitative estimate of drug-likeness (QED) is 0.389. The fraction of sp³-hybridized carbons (Fsp3) is 0.433. The van der Waals surface area contributed by atoms with E-state index in [-0.39, 0.29) is 20.0 Å². The van der Waals surface area contributed by atoms with Crippen molar-refractivity contribution in [2.75, 3.05) is 27.6 Å². The maximum absolute atomic E-state index is 13.3. The molecule has 10 heteroatoms. The second-order valence-corrected chi connectivity index (χ2v) is 10.3. The fourth-order valence-corrected chi connectivity index (χ4v) is 6.10. The molecule has 2 fully saturated rings. The van der Waals surface area contributed by atoms with Gasteiger partial charge in [-0.1, -0.05) is 6.07 Å². The molecule has 3 aliphatic heterocycles. The van der Waals surface area contributed by atoms with Crippen molar-refractivity contribution in [2.24, 2.45) is 0 Å². The highest BCUT2D eigenvalue weighted by atomic mass is 16.8. The van der Waals surface area contributed by atoms with Crippen LogP contribution < -0.4 is 23.7 Å². The Morgan fingerprint density at radius 1 is 0.900 bits per heavy atom. The third-order valence-electron chi connectivity index (χ3n) is 7.90. The summed E-state index contributed by atoms with van der Waals surface area (Å²) in [6.07, 6.45) is 2.40. The number of fused-ring (bicyclic) bond motifs is 3. The van der Waals surface area contributed by atoms with Crippen molar-refractivity contribution in [2.45, 2.75) is 57.6 Å². The van der Waals surface area contributed by atoms with Crippen molar-refractivity contribution >= 4 is 16.7 Å². The van der Waals surface area contributed by atoms with E-state index in [9.17, 15) is 4.79 Å². The van der Waals surface area contributed by atoms with E-state index in [1.54, 1.807) is 14.2 Å². The molecule has 210 valence electrons. The molecule has 4 aliphatic rings. The molecule has 7 rings (SSSR count). The van der Waals surface area contributed by atoms with Crippen LogP contribution in [0.1, 0.15) is 48.5 Å². The lowest BCUT2D eigenvalue weighted by Crippen LogP contribution is -2.34. The molecule has 2 atom stereocenters. The zero-order valence-electron chi connectivity index (χ0n) is 22.6. The summed E-state index contributed by atoms with van der Waals surface area (Å²) in [6.45, 7) is 2.21. The summed E-state index contributed by atoms with van der Waals surface area (Å²) in [5, 5.41) is 1.43. The van der Waals surface area contributed by atoms with Gasteiger partial charge in [-0.2, -0.15) is 0 Å². The molecular formula is C30H30O10. The first kappa shape index (κ1) is 25.3. The van der Waals surface area contributed by atoms with Gasteiger partial charge in [-0.3, -0.25) is 0 Å². The van der Waals surface area contributed by atoms with E-state index >= 15 is 0 Å². The highest BCUT2D eigenvalue weighted by Crippen LogP contribution is 2.49. The normalized spacial score (nSPS) is 22.7. The summed E-state index contributed by atoms with van der Waals surface area (Å²) < 4.78 is 53.1. The molecule has 1 saturated heterocycles. The average molecular weight is 551 g/mol. The molecule has 40 heavy (non-hydrogen) atoms. The number of cyclic esters (lactones) is 1. The number of ether oxygens (including phenoxy) is 9. The van der Waals surface area contributed by atoms with Crippen LogP contribution >= 0.6 is 0 Å². The Kier molecular flexibility index (Phi) is 6.14. The second kappa shape index (κ2) is 9.72. The van der Waals surface area contributed by atoms with Gasteiger partial charge in [0.2, 0.25) is 13.1 Å². The van der Waals surface area contributed by atoms with Crippen molar-refractivity contribution in [3.8, 4) is 39.9 Å². The third kappa shape index (κ3) is 4.09. The Hall–Kier alpha value is -3.73. The number of hydrogen-bond donors (Lipinski definition) is 0. The number of carbonyl (C=O) groups excluding carboxylic acids is 1. The van der Waals surface area contributed by atoms with E-state index in [4.69, 9.17) is 42.6 Å². The predicted octanol–water partition coefficient (Wildman–Crippen LogP) is 5.31. The van der Waals surface area contributed by atoms with Crippen molar-refractivity contribution in [3.63, 3.8) is 0 Å². The van der Waals surface area contributed by atoms with Gasteiger partial charge in [0.15, 0.2) is 35.1 Å². The first-order valence-electron chi connectivity index (χ1n) is 13.4. The Labute approximate surface area is 230 Å². The largest absolute Gasteiger partial charge is 0.493 e. The van der Waals surface area contributed by atoms with Crippen LogP contribution in [0.2, 0.25) is 0 Å². The van der Waals surface area contributed by atoms with Gasteiger partial charge in [0.1, 0.15) is 19.0 Å². The Balaban J connectivity index is 1.40. The van der Waals surface area contributed by atoms with Crippen LogP contribution in [-0.2, 0) is 25.6 Å². The third-order valence-corrected chi connectivity index (χ3v) is 7.90. The van der Waals surface area contributed by atoms with E-state index in [1.165, 1.54) is 0 Å². The predicted molar refractivity (Wildman–Crippen MR) is 141 cm³/mol. The van der Waals surface area contributed by atoms with Crippen LogP contribution in [0.15, 0.2) is 30.3 Å². The fourth-order valence-electron chi connectivity index (χ4n) is 6.10. The molecule has 0 amide bonds. The Morgan fingerprint density at radius 3 is 2.42 bits per heavy atom. The molecule has 3 aromatic carbocycles. The van der Waals surface area contributed by atoms with Gasteiger partial charge in [0, 0.05) is 29.4 Å². The number of rotatable bonds is 5. The summed E-state index contributed by atoms with van der Waals surface area (Å²) in [5.74, 6) is 1.64. The van der Waals surface area contributed by atoms with E-state index in [0.29, 0.717) is 50.8 Å². The molecular weight excluding hydrogens is 520 g/mol. The molecule has 2 unspecified atom stereocenters. The zero-order valence-corrected chi connectivity index (χ0v) is 22.6. The summed E-state index contributed by atoms with van der Waals surface area (Å²) in [4.78, 5) is 13.3. The summed E-state index contributed by atoms with van der Waals surface area (Å²) >= 11 is 0. The minimum Gasteiger partial charge on any atom is -0.493 e. The molecule has 0 bridgehead atoms. The molecule has 0 N–H and O–H groups in total. The topological polar surface area (TPSA) is 100 Å². The SMILES string of the molecule is COc1cc2c(OC3COC4(CCCC4)OC(C)O3)c3c(c(-c4ccc5c(c4)OCO5)c2cc1OC)C(=O)OC3. The van der Waals surface area contributed by atoms with Gasteiger partial charge < -0.3 is 42.6 Å². The molecule has 0 aromatic heterocycles. The summed E-state index contributed by atoms with van der Waals surface area (Å²) in [6, 6.07) is 9.28. The highest BCUT2D eigenvalue weighted by Gasteiger charge is 2.42. The van der Waals surface area contributed by atoms with Gasteiger partial charge in [0.25, 0.3) is 0 Å². The van der Waals surface area contributed by atoms with Crippen molar-refractivity contribution in [3.05, 3.63) is 41.5 Å². The van der Waals surface area contributed by atoms with E-state index in [2.05, 4.69) is 0 Å². The molecule has 3 aromatic rings. The van der Waals surface area contributed by atoms with Gasteiger partial charge in [-0.25, -0.2) is 4.79 Å². The molecule has 1 saturated carbocycles. The minimum atomic E-state index is -0.775. The first-order valence-corrected chi connectivity index (χ1v) is 13.4. The van der Waals surface area contributed by atoms with Crippen molar-refractivity contribution < 1.29 is 47.4 Å². The van der Waals surface area contributed by atoms with Crippen LogP contribution in [0.3, 0.4) is 0 Å². The van der Waals surface area contributed by atoms with E-state index < -0.39 is 24.3 Å². The molecule has 1 spiro atoms. The van der Waals surface area contributed by atoms with Crippen LogP contribution in [0.4, 0.5) is 0 Å². The lowest BCUT2D eigenvalue weighted by atomic mass is 9.89. The lowest BCUT2D eigenvalue weighted by Gasteiger charge is -2.28. The van der Waals surface area contributed by atoms with Gasteiger partial charge >= 0.3 is 5.97 Å². The van der Waals surface area contributed by atoms with E-state index in [0.717, 1.165) is 36.6 Å². The van der Waals surface area contributed by atoms with Crippen LogP contribution in [0.25, 0.3) is 21.9 Å². The number of esters is 1. The monoisotopic (exact) mass is 550 g/mol. The maximum Gasteiger partial charge on any atom is 0.339 e. The van der Waals surface area contributed by atoms with Crippen molar-refractivity contribution in [1.82, 2.24) is 0 Å². The highest BCUT2D eigenvalue weighted by molar-refractivity contribution is 6.14. The molecule has 0 radical (unpaired) electrons. The van der Waals surface area contributed by atoms with Crippen LogP contribution in [0, 0.1) is 0 Å². The number of benzene rings is 3. The van der Waals surface area contributed by atoms with Crippen LogP contribution in [-0.4, -0.2) is 52.0 Å². The minimum absolute atomic E-state index is 0.0505. The van der Waals surface area contributed by atoms with Crippen LogP contribution in [0.5, 0.6) is 28.7 Å². The second-order valence-electron chi connectivity index (χ2n) is 10.3. The lowest BCUT2D eigenvalue weighted by molar-refractivity contribution is -0.272. The first-order chi connectivity index (χ1) is 19.5. The Morgan fingerprint density at radius 2 is 1.65 bits per heavy atom. The molecule has 1 aliphatic carbocycles. The van der Waals surface area contributed by atoms with Gasteiger partial charge in [-0.05, 0) is 55.0 Å². The number of carbonyl (C=O) groups is 1. The summed E-state index contributed by atoms with van der Waals surface area (Å²) in [5.41, 5.74) is 2.48. The maximum atomic E-state index is 13.3. The Bertz CT molecular complexity index is 1490. The zero-order chi connectivity index (χ0) is 27.4. The molecule has 3 heterocycles. The number of hydrogen-bond acceptors (Lipinski definition) is 10. The van der Waals surface area contributed by atoms with E-state index in [1.807, 2.05) is 37.3 Å². The summed E-state index contributed by atoms with van der Waals surface area (Å²) in [7, 11) is 3.14. The average Bonchev–Trinajstić information content (AvgIpc) is 3.69. The van der Waals surface area contributed by atoms with Crippen molar-refractivity contribution in [1.29, 1.82) is 0 Å².